The van der Waals surface area contributed by atoms with Crippen LogP contribution < -0.4 is 5.11 Å². The van der Waals surface area contributed by atoms with Crippen LogP contribution in [-0.4, -0.2) is 19.1 Å². The van der Waals surface area contributed by atoms with Gasteiger partial charge in [0, 0.05) is 5.92 Å². The van der Waals surface area contributed by atoms with Crippen molar-refractivity contribution in [1.82, 2.24) is 0 Å². The standard InChI is InChI=1S/C6H10O5/c1-4-2-3-9-11-5(4)10-6(7)8/h4-5H,2-3H2,1H3,(H,7,8)/p-1. The molecule has 0 amide bonds. The molecule has 0 bridgehead atoms. The summed E-state index contributed by atoms with van der Waals surface area (Å²) in [6.07, 6.45) is -1.71. The molecular weight excluding hydrogens is 152 g/mol. The van der Waals surface area contributed by atoms with Crippen LogP contribution in [0.15, 0.2) is 0 Å². The molecule has 0 N–H and O–H groups in total. The number of carbonyl (C=O) groups excluding carboxylic acids is 1. The van der Waals surface area contributed by atoms with E-state index in [0.29, 0.717) is 6.61 Å². The molecule has 1 rings (SSSR count). The number of carbonyl (C=O) groups is 1. The summed E-state index contributed by atoms with van der Waals surface area (Å²) in [5, 5.41) is 9.94. The third-order valence-electron chi connectivity index (χ3n) is 1.50. The Morgan fingerprint density at radius 1 is 1.73 bits per heavy atom. The predicted molar refractivity (Wildman–Crippen MR) is 31.1 cm³/mol. The molecule has 0 spiro atoms. The van der Waals surface area contributed by atoms with E-state index >= 15 is 0 Å². The van der Waals surface area contributed by atoms with E-state index in [1.807, 2.05) is 6.92 Å². The molecule has 0 aromatic carbocycles. The SMILES string of the molecule is CC1CCOOC1OC(=O)[O-]. The van der Waals surface area contributed by atoms with Crippen LogP contribution in [0.2, 0.25) is 0 Å². The molecule has 1 saturated heterocycles. The van der Waals surface area contributed by atoms with Crippen LogP contribution in [0.5, 0.6) is 0 Å². The van der Waals surface area contributed by atoms with Crippen molar-refractivity contribution in [3.8, 4) is 0 Å². The Kier molecular flexibility index (Phi) is 2.67. The predicted octanol–water partition coefficient (Wildman–Crippen LogP) is -0.340. The number of carboxylic acid groups (broad SMARTS) is 1. The Bertz CT molecular complexity index is 146. The molecule has 5 heteroatoms. The van der Waals surface area contributed by atoms with Gasteiger partial charge in [-0.2, -0.15) is 0 Å². The van der Waals surface area contributed by atoms with E-state index in [9.17, 15) is 9.90 Å². The lowest BCUT2D eigenvalue weighted by molar-refractivity contribution is -0.417. The first-order valence-corrected chi connectivity index (χ1v) is 3.36. The fraction of sp³-hybridized carbons (Fsp3) is 0.833. The van der Waals surface area contributed by atoms with Gasteiger partial charge >= 0.3 is 0 Å². The maximum Gasteiger partial charge on any atom is 0.254 e. The minimum Gasteiger partial charge on any atom is -0.518 e. The van der Waals surface area contributed by atoms with Crippen LogP contribution in [-0.2, 0) is 14.5 Å². The molecule has 64 valence electrons. The van der Waals surface area contributed by atoms with E-state index in [4.69, 9.17) is 0 Å². The van der Waals surface area contributed by atoms with Crippen LogP contribution in [0.3, 0.4) is 0 Å². The summed E-state index contributed by atoms with van der Waals surface area (Å²) in [7, 11) is 0. The Morgan fingerprint density at radius 3 is 3.00 bits per heavy atom. The molecule has 1 fully saturated rings. The van der Waals surface area contributed by atoms with Gasteiger partial charge in [0.15, 0.2) is 6.29 Å². The van der Waals surface area contributed by atoms with Crippen molar-refractivity contribution in [3.05, 3.63) is 0 Å². The van der Waals surface area contributed by atoms with E-state index in [-0.39, 0.29) is 5.92 Å². The summed E-state index contributed by atoms with van der Waals surface area (Å²) in [6.45, 7) is 2.28. The lowest BCUT2D eigenvalue weighted by atomic mass is 10.1. The number of ether oxygens (including phenoxy) is 1. The van der Waals surface area contributed by atoms with Gasteiger partial charge in [0.25, 0.3) is 6.16 Å². The van der Waals surface area contributed by atoms with Crippen molar-refractivity contribution >= 4 is 6.16 Å². The zero-order valence-electron chi connectivity index (χ0n) is 6.11. The molecule has 1 heterocycles. The zero-order chi connectivity index (χ0) is 8.27. The van der Waals surface area contributed by atoms with E-state index in [2.05, 4.69) is 14.5 Å². The van der Waals surface area contributed by atoms with Gasteiger partial charge in [-0.1, -0.05) is 6.92 Å². The van der Waals surface area contributed by atoms with Gasteiger partial charge in [0.05, 0.1) is 6.61 Å². The first-order chi connectivity index (χ1) is 5.20. The average Bonchev–Trinajstić information content (AvgIpc) is 1.93. The number of hydrogen-bond donors (Lipinski definition) is 0. The largest absolute Gasteiger partial charge is 0.518 e. The van der Waals surface area contributed by atoms with Crippen LogP contribution in [0.1, 0.15) is 13.3 Å². The summed E-state index contributed by atoms with van der Waals surface area (Å²) in [6, 6.07) is 0. The second-order valence-electron chi connectivity index (χ2n) is 2.42. The monoisotopic (exact) mass is 161 g/mol. The van der Waals surface area contributed by atoms with Crippen molar-refractivity contribution in [2.45, 2.75) is 19.6 Å². The lowest BCUT2D eigenvalue weighted by Crippen LogP contribution is -2.37. The summed E-state index contributed by atoms with van der Waals surface area (Å²) >= 11 is 0. The molecule has 0 saturated carbocycles. The Labute approximate surface area is 63.8 Å². The van der Waals surface area contributed by atoms with E-state index < -0.39 is 12.4 Å². The van der Waals surface area contributed by atoms with Crippen LogP contribution in [0, 0.1) is 5.92 Å². The minimum absolute atomic E-state index is 0.0154. The molecule has 0 aromatic heterocycles. The highest BCUT2D eigenvalue weighted by atomic mass is 17.2. The highest BCUT2D eigenvalue weighted by Gasteiger charge is 2.22. The fourth-order valence-corrected chi connectivity index (χ4v) is 0.811. The van der Waals surface area contributed by atoms with Gasteiger partial charge in [-0.05, 0) is 6.42 Å². The molecule has 11 heavy (non-hydrogen) atoms. The quantitative estimate of drug-likeness (QED) is 0.388. The zero-order valence-corrected chi connectivity index (χ0v) is 6.11. The van der Waals surface area contributed by atoms with E-state index in [1.165, 1.54) is 0 Å². The smallest absolute Gasteiger partial charge is 0.254 e. The first kappa shape index (κ1) is 8.29. The third kappa shape index (κ3) is 2.36. The maximum atomic E-state index is 9.94. The summed E-state index contributed by atoms with van der Waals surface area (Å²) in [5.41, 5.74) is 0. The molecule has 2 atom stereocenters. The summed E-state index contributed by atoms with van der Waals surface area (Å²) < 4.78 is 4.26. The second kappa shape index (κ2) is 3.54. The van der Waals surface area contributed by atoms with Crippen molar-refractivity contribution in [2.75, 3.05) is 6.61 Å². The first-order valence-electron chi connectivity index (χ1n) is 3.36. The molecule has 0 radical (unpaired) electrons. The van der Waals surface area contributed by atoms with Gasteiger partial charge in [-0.25, -0.2) is 9.78 Å². The maximum absolute atomic E-state index is 9.94. The van der Waals surface area contributed by atoms with Gasteiger partial charge in [0.2, 0.25) is 0 Å². The highest BCUT2D eigenvalue weighted by molar-refractivity contribution is 5.54. The minimum atomic E-state index is -1.59. The van der Waals surface area contributed by atoms with Gasteiger partial charge in [-0.15, -0.1) is 0 Å². The van der Waals surface area contributed by atoms with Crippen molar-refractivity contribution in [2.24, 2.45) is 5.92 Å². The van der Waals surface area contributed by atoms with Gasteiger partial charge in [0.1, 0.15) is 0 Å². The van der Waals surface area contributed by atoms with Crippen LogP contribution in [0.25, 0.3) is 0 Å². The average molecular weight is 161 g/mol. The van der Waals surface area contributed by atoms with Gasteiger partial charge < -0.3 is 14.6 Å². The molecular formula is C6H9O5-. The summed E-state index contributed by atoms with van der Waals surface area (Å²) in [5.74, 6) is 0.0154. The molecule has 5 nitrogen and oxygen atoms in total. The van der Waals surface area contributed by atoms with Crippen molar-refractivity contribution in [1.29, 1.82) is 0 Å². The van der Waals surface area contributed by atoms with Gasteiger partial charge in [-0.3, -0.25) is 0 Å². The van der Waals surface area contributed by atoms with Crippen molar-refractivity contribution in [3.63, 3.8) is 0 Å². The number of hydrogen-bond acceptors (Lipinski definition) is 5. The van der Waals surface area contributed by atoms with E-state index in [0.717, 1.165) is 6.42 Å². The molecule has 0 aliphatic carbocycles. The number of rotatable bonds is 1. The highest BCUT2D eigenvalue weighted by Crippen LogP contribution is 2.18. The summed E-state index contributed by atoms with van der Waals surface area (Å²) in [4.78, 5) is 19.0. The topological polar surface area (TPSA) is 67.8 Å². The molecule has 1 aliphatic rings. The Hall–Kier alpha value is -0.810. The Balaban J connectivity index is 2.35. The third-order valence-corrected chi connectivity index (χ3v) is 1.50. The van der Waals surface area contributed by atoms with E-state index in [1.54, 1.807) is 0 Å². The van der Waals surface area contributed by atoms with Crippen LogP contribution in [0.4, 0.5) is 4.79 Å². The lowest BCUT2D eigenvalue weighted by Gasteiger charge is -2.30. The molecule has 0 aromatic rings. The fourth-order valence-electron chi connectivity index (χ4n) is 0.811. The van der Waals surface area contributed by atoms with Crippen molar-refractivity contribution < 1.29 is 24.4 Å². The normalized spacial score (nSPS) is 31.4. The molecule has 1 aliphatic heterocycles. The Morgan fingerprint density at radius 2 is 2.45 bits per heavy atom. The molecule has 2 unspecified atom stereocenters. The van der Waals surface area contributed by atoms with Crippen LogP contribution >= 0.6 is 0 Å². The second-order valence-corrected chi connectivity index (χ2v) is 2.42.